The van der Waals surface area contributed by atoms with Crippen molar-refractivity contribution in [1.82, 2.24) is 73.7 Å². The van der Waals surface area contributed by atoms with Gasteiger partial charge in [0.15, 0.2) is 23.3 Å². The van der Waals surface area contributed by atoms with E-state index in [4.69, 9.17) is 52.0 Å². The standard InChI is InChI=1S/C30H28ClN7O.2C30H29N7O.C26H26F2N6O/c1-18-15-23(33-25(31)16-18)20-13-11-19(12-14-20)17-37-27(32-21-7-4-3-5-8-21)26-28(35-37)38-24-10-6-9-22(24)34-30(38)36(2)29(26)39;1-19-11-16-23(31-17-19)21-14-12-20(13-15-21)18-36-27(32-22-7-4-3-5-8-22)26-28(34-36)37-25-10-6-9-24(25)33-30(37)35(2)29(26)38;1-19-11-16-23(31-17-19)21-14-12-20(13-15-21)18-36-28-26(27(34-36)32-22-7-4-3-5-8-22)29(38)35(2)30-33-24-9-6-10-25(24)37(28)30;1-26(27,28)17-13-11-16(12-14-17)15-33-22(29-18-7-4-3-5-8-18)21-23(31-33)34-20-10-6-9-19(20)30-25(34)32(2)24(21)35/h3-5,7-8,11-16,22,24,32H,6,9-10,17H2,1-2H3;3-5,7-8,11-17,24-25,32H,6,9-10,18H2,1-2H3;3-5,7-8,11-17,24-25H,6,9-10,18H2,1-2H3,(H,32,34);3-5,7-8,11-14,19-20,29H,6,9-10,15H2,1-2H3/t22-,24+;2*24-,25+;19-,20+/m1111/s1. The predicted octanol–water partition coefficient (Wildman–Crippen LogP) is 21.3. The number of amides is 4. The molecule has 31 nitrogen and oxygen atoms in total. The molecule has 0 spiro atoms. The minimum Gasteiger partial charge on any atom is -0.340 e. The van der Waals surface area contributed by atoms with E-state index in [-0.39, 0.29) is 77.5 Å². The normalized spacial score (nSPS) is 20.0. The van der Waals surface area contributed by atoms with Gasteiger partial charge >= 0.3 is 0 Å². The first-order chi connectivity index (χ1) is 72.9. The van der Waals surface area contributed by atoms with Crippen LogP contribution in [0.15, 0.2) is 287 Å². The monoisotopic (exact) mass is 2020 g/mol. The molecule has 4 fully saturated rings. The molecule has 0 bridgehead atoms. The molecule has 756 valence electrons. The van der Waals surface area contributed by atoms with Crippen LogP contribution in [0, 0.1) is 20.8 Å². The molecule has 8 aliphatic heterocycles. The first kappa shape index (κ1) is 95.4. The van der Waals surface area contributed by atoms with E-state index < -0.39 is 5.92 Å². The van der Waals surface area contributed by atoms with Gasteiger partial charge < -0.3 is 21.3 Å². The number of rotatable bonds is 20. The topological polar surface area (TPSA) is 302 Å². The maximum atomic E-state index is 13.7. The van der Waals surface area contributed by atoms with E-state index in [1.54, 1.807) is 43.5 Å². The van der Waals surface area contributed by atoms with Crippen molar-refractivity contribution in [1.29, 1.82) is 0 Å². The number of aliphatic imine (C=N–C) groups is 4. The van der Waals surface area contributed by atoms with Crippen molar-refractivity contribution in [2.45, 2.75) is 185 Å². The van der Waals surface area contributed by atoms with Crippen molar-refractivity contribution >= 4 is 128 Å². The molecule has 4 amide bonds. The number of pyridine rings is 3. The fourth-order valence-corrected chi connectivity index (χ4v) is 23.1. The summed E-state index contributed by atoms with van der Waals surface area (Å²) in [5.41, 5.74) is 19.1. The van der Waals surface area contributed by atoms with Gasteiger partial charge in [-0.25, -0.2) is 52.5 Å². The number of carbonyl (C=O) groups excluding carboxylic acids is 4. The Labute approximate surface area is 871 Å². The number of aromatic nitrogens is 11. The minimum atomic E-state index is -2.90. The lowest BCUT2D eigenvalue weighted by atomic mass is 10.1. The third-order valence-corrected chi connectivity index (χ3v) is 30.6. The molecule has 4 saturated carbocycles. The summed E-state index contributed by atoms with van der Waals surface area (Å²) in [6.45, 7) is 8.86. The summed E-state index contributed by atoms with van der Waals surface area (Å²) in [6.07, 6.45) is 16.6. The number of nitrogens with one attached hydrogen (secondary N) is 4. The molecule has 7 aromatic heterocycles. The number of halogens is 3. The quantitative estimate of drug-likeness (QED) is 0.0515. The second-order valence-corrected chi connectivity index (χ2v) is 41.1. The molecule has 8 aromatic carbocycles. The third kappa shape index (κ3) is 17.8. The predicted molar refractivity (Wildman–Crippen MR) is 582 cm³/mol. The average Bonchev–Trinajstić information content (AvgIpc) is 1.59. The molecule has 12 aliphatic rings. The highest BCUT2D eigenvalue weighted by molar-refractivity contribution is 6.29. The highest BCUT2D eigenvalue weighted by atomic mass is 35.5. The molecule has 27 rings (SSSR count). The number of aryl methyl sites for hydroxylation is 3. The Morgan fingerprint density at radius 2 is 0.653 bits per heavy atom. The number of anilines is 12. The van der Waals surface area contributed by atoms with Crippen LogP contribution < -0.4 is 40.9 Å². The highest BCUT2D eigenvalue weighted by Crippen LogP contribution is 2.50. The largest absolute Gasteiger partial charge is 0.340 e. The number of hydrogen-bond acceptors (Lipinski definition) is 23. The molecular weight excluding hydrogens is 1910 g/mol. The first-order valence-corrected chi connectivity index (χ1v) is 51.8. The van der Waals surface area contributed by atoms with Crippen LogP contribution >= 0.6 is 11.6 Å². The van der Waals surface area contributed by atoms with Gasteiger partial charge in [0.2, 0.25) is 23.8 Å². The summed E-state index contributed by atoms with van der Waals surface area (Å²) in [6, 6.07) is 84.6. The van der Waals surface area contributed by atoms with Gasteiger partial charge in [-0.2, -0.15) is 20.4 Å². The van der Waals surface area contributed by atoms with Crippen molar-refractivity contribution in [2.75, 3.05) is 69.1 Å². The maximum absolute atomic E-state index is 13.7. The van der Waals surface area contributed by atoms with Gasteiger partial charge in [0.25, 0.3) is 29.6 Å². The zero-order valence-corrected chi connectivity index (χ0v) is 85.1. The number of nitrogens with zero attached hydrogens (tertiary/aromatic N) is 23. The van der Waals surface area contributed by atoms with E-state index in [9.17, 15) is 28.0 Å². The van der Waals surface area contributed by atoms with E-state index in [1.807, 2.05) is 214 Å². The van der Waals surface area contributed by atoms with Gasteiger partial charge in [0, 0.05) is 92.5 Å². The molecule has 0 radical (unpaired) electrons. The van der Waals surface area contributed by atoms with Crippen LogP contribution in [0.5, 0.6) is 0 Å². The van der Waals surface area contributed by atoms with E-state index >= 15 is 0 Å². The lowest BCUT2D eigenvalue weighted by Gasteiger charge is -2.35. The zero-order valence-electron chi connectivity index (χ0n) is 84.4. The van der Waals surface area contributed by atoms with E-state index in [2.05, 4.69) is 141 Å². The molecule has 150 heavy (non-hydrogen) atoms. The molecular formula is C116H112ClF2N27O4. The summed E-state index contributed by atoms with van der Waals surface area (Å²) in [5.74, 6) is 4.89. The second kappa shape index (κ2) is 39.1. The molecule has 0 unspecified atom stereocenters. The maximum Gasteiger partial charge on any atom is 0.270 e. The van der Waals surface area contributed by atoms with Crippen molar-refractivity contribution in [3.05, 3.63) is 339 Å². The van der Waals surface area contributed by atoms with Crippen LogP contribution in [0.3, 0.4) is 0 Å². The third-order valence-electron chi connectivity index (χ3n) is 30.5. The lowest BCUT2D eigenvalue weighted by molar-refractivity contribution is 0.0174. The molecule has 15 aromatic rings. The summed E-state index contributed by atoms with van der Waals surface area (Å²) < 4.78 is 35.0. The van der Waals surface area contributed by atoms with Crippen molar-refractivity contribution in [2.24, 2.45) is 20.0 Å². The van der Waals surface area contributed by atoms with Gasteiger partial charge in [0.1, 0.15) is 50.7 Å². The summed E-state index contributed by atoms with van der Waals surface area (Å²) in [5, 5.41) is 34.3. The summed E-state index contributed by atoms with van der Waals surface area (Å²) in [7, 11) is 7.21. The van der Waals surface area contributed by atoms with Crippen molar-refractivity contribution in [3.8, 4) is 33.8 Å². The van der Waals surface area contributed by atoms with E-state index in [0.29, 0.717) is 106 Å². The van der Waals surface area contributed by atoms with Crippen molar-refractivity contribution < 1.29 is 28.0 Å². The minimum absolute atomic E-state index is 0.0364. The Bertz CT molecular complexity index is 7820. The summed E-state index contributed by atoms with van der Waals surface area (Å²) in [4.78, 5) is 103. The second-order valence-electron chi connectivity index (χ2n) is 40.7. The first-order valence-electron chi connectivity index (χ1n) is 51.5. The smallest absolute Gasteiger partial charge is 0.270 e. The number of carbonyl (C=O) groups is 4. The van der Waals surface area contributed by atoms with Crippen molar-refractivity contribution in [3.63, 3.8) is 0 Å². The van der Waals surface area contributed by atoms with Gasteiger partial charge in [-0.3, -0.25) is 68.3 Å². The van der Waals surface area contributed by atoms with Crippen LogP contribution in [0.1, 0.15) is 170 Å². The Morgan fingerprint density at radius 3 is 0.987 bits per heavy atom. The Morgan fingerprint density at radius 1 is 0.340 bits per heavy atom. The van der Waals surface area contributed by atoms with Gasteiger partial charge in [-0.05, 0) is 210 Å². The number of hydrogen-bond donors (Lipinski definition) is 4. The molecule has 4 N–H and O–H groups in total. The molecule has 4 aliphatic carbocycles. The average molecular weight is 2020 g/mol. The Kier molecular flexibility index (Phi) is 24.9. The molecule has 8 atom stereocenters. The lowest BCUT2D eigenvalue weighted by Crippen LogP contribution is -2.52. The van der Waals surface area contributed by atoms with Crippen LogP contribution in [0.4, 0.5) is 78.1 Å². The molecule has 34 heteroatoms. The Hall–Kier alpha value is -16.8. The number of fused-ring (bicyclic) bond motifs is 20. The number of alkyl halides is 2. The van der Waals surface area contributed by atoms with Crippen LogP contribution in [-0.2, 0) is 32.1 Å². The fraction of sp³-hybridized carbons (Fsp3) is 0.284. The molecule has 0 saturated heterocycles. The highest BCUT2D eigenvalue weighted by Gasteiger charge is 2.55. The SMILES string of the molecule is CN1C(=O)c2c(nn(Cc3ccc(C(C)(F)F)cc3)c2Nc2ccccc2)N2C1=N[C@@H]1CCC[C@@H]12.Cc1cc(Cl)nc(-c2ccc(Cn3nc4c(c3Nc3ccccc3)C(=O)N(C)C3=N[C@@H]5CCC[C@@H]5N34)cc2)c1.Cc1ccc(-c2ccc(Cn3nc(Nc4ccccc4)c4c3N3C(=N[C@@H]5CCC[C@@H]53)N(C)C4=O)cc2)nc1.Cc1ccc(-c2ccc(Cn3nc4c(c3Nc3ccccc3)C(=O)N(C)C3=N[C@@H]5CCC[C@@H]5N34)cc2)nc1. The van der Waals surface area contributed by atoms with Gasteiger partial charge in [-0.15, -0.1) is 0 Å². The van der Waals surface area contributed by atoms with E-state index in [0.717, 1.165) is 197 Å². The molecule has 15 heterocycles. The fourth-order valence-electron chi connectivity index (χ4n) is 22.8. The summed E-state index contributed by atoms with van der Waals surface area (Å²) >= 11 is 6.19. The van der Waals surface area contributed by atoms with Gasteiger partial charge in [-0.1, -0.05) is 194 Å². The van der Waals surface area contributed by atoms with Gasteiger partial charge in [0.05, 0.1) is 91.6 Å². The number of guanidine groups is 4. The van der Waals surface area contributed by atoms with Crippen LogP contribution in [0.25, 0.3) is 33.8 Å². The zero-order chi connectivity index (χ0) is 103. The number of benzene rings is 8. The Balaban J connectivity index is 0.000000106. The van der Waals surface area contributed by atoms with Crippen LogP contribution in [-0.4, -0.2) is 198 Å². The van der Waals surface area contributed by atoms with E-state index in [1.165, 1.54) is 12.1 Å². The van der Waals surface area contributed by atoms with Crippen LogP contribution in [0.2, 0.25) is 5.15 Å². The number of para-hydroxylation sites is 4.